The lowest BCUT2D eigenvalue weighted by Crippen LogP contribution is -2.45. The number of hydrogen-bond acceptors (Lipinski definition) is 3. The number of hydrogen-bond donors (Lipinski definition) is 0. The molecule has 3 nitrogen and oxygen atoms in total. The van der Waals surface area contributed by atoms with Gasteiger partial charge in [-0.3, -0.25) is 4.79 Å². The lowest BCUT2D eigenvalue weighted by atomic mass is 9.67. The van der Waals surface area contributed by atoms with Crippen molar-refractivity contribution in [1.82, 2.24) is 0 Å². The van der Waals surface area contributed by atoms with Crippen LogP contribution in [0.4, 0.5) is 0 Å². The molecule has 0 aromatic heterocycles. The SMILES string of the molecule is CCCCCCCc1cc(OC(C)=O)c2c(c1)OC(C)(C)C1CC=C(C)CC21. The zero-order valence-electron chi connectivity index (χ0n) is 18.3. The average Bonchev–Trinajstić information content (AvgIpc) is 2.59. The number of unbranched alkanes of at least 4 members (excludes halogenated alkanes) is 4. The molecule has 3 heteroatoms. The number of carbonyl (C=O) groups excluding carboxylic acids is 1. The van der Waals surface area contributed by atoms with E-state index < -0.39 is 0 Å². The monoisotopic (exact) mass is 384 g/mol. The van der Waals surface area contributed by atoms with E-state index in [0.29, 0.717) is 17.6 Å². The van der Waals surface area contributed by atoms with Gasteiger partial charge in [0.25, 0.3) is 0 Å². The third kappa shape index (κ3) is 4.61. The van der Waals surface area contributed by atoms with E-state index in [1.807, 2.05) is 0 Å². The number of esters is 1. The quantitative estimate of drug-likeness (QED) is 0.226. The minimum atomic E-state index is -0.258. The van der Waals surface area contributed by atoms with Crippen molar-refractivity contribution in [3.05, 3.63) is 34.9 Å². The zero-order chi connectivity index (χ0) is 20.3. The van der Waals surface area contributed by atoms with Gasteiger partial charge in [-0.2, -0.15) is 0 Å². The zero-order valence-corrected chi connectivity index (χ0v) is 18.3. The predicted octanol–water partition coefficient (Wildman–Crippen LogP) is 6.74. The summed E-state index contributed by atoms with van der Waals surface area (Å²) in [5.41, 5.74) is 3.51. The van der Waals surface area contributed by atoms with Crippen LogP contribution in [0.15, 0.2) is 23.8 Å². The summed E-state index contributed by atoms with van der Waals surface area (Å²) in [6, 6.07) is 4.29. The summed E-state index contributed by atoms with van der Waals surface area (Å²) in [5, 5.41) is 0. The van der Waals surface area contributed by atoms with Crippen molar-refractivity contribution in [2.75, 3.05) is 0 Å². The maximum atomic E-state index is 11.8. The molecule has 0 fully saturated rings. The number of rotatable bonds is 7. The lowest BCUT2D eigenvalue weighted by molar-refractivity contribution is -0.132. The van der Waals surface area contributed by atoms with Crippen LogP contribution < -0.4 is 9.47 Å². The first-order chi connectivity index (χ1) is 13.3. The second kappa shape index (κ2) is 8.71. The molecule has 0 spiro atoms. The van der Waals surface area contributed by atoms with Crippen LogP contribution in [0.25, 0.3) is 0 Å². The highest BCUT2D eigenvalue weighted by Gasteiger charge is 2.46. The molecule has 0 saturated heterocycles. The van der Waals surface area contributed by atoms with E-state index in [2.05, 4.69) is 45.9 Å². The fourth-order valence-electron chi connectivity index (χ4n) is 4.92. The summed E-state index contributed by atoms with van der Waals surface area (Å²) in [7, 11) is 0. The van der Waals surface area contributed by atoms with Gasteiger partial charge in [-0.15, -0.1) is 0 Å². The van der Waals surface area contributed by atoms with Crippen LogP contribution in [-0.2, 0) is 11.2 Å². The first-order valence-electron chi connectivity index (χ1n) is 11.0. The molecule has 2 aliphatic rings. The Bertz CT molecular complexity index is 744. The molecule has 0 amide bonds. The third-order valence-corrected chi connectivity index (χ3v) is 6.37. The van der Waals surface area contributed by atoms with Crippen LogP contribution >= 0.6 is 0 Å². The van der Waals surface area contributed by atoms with E-state index in [9.17, 15) is 4.79 Å². The second-order valence-corrected chi connectivity index (χ2v) is 9.17. The largest absolute Gasteiger partial charge is 0.487 e. The van der Waals surface area contributed by atoms with Gasteiger partial charge >= 0.3 is 5.97 Å². The molecule has 154 valence electrons. The average molecular weight is 385 g/mol. The Morgan fingerprint density at radius 2 is 1.96 bits per heavy atom. The van der Waals surface area contributed by atoms with E-state index >= 15 is 0 Å². The Morgan fingerprint density at radius 1 is 1.21 bits per heavy atom. The molecule has 28 heavy (non-hydrogen) atoms. The summed E-state index contributed by atoms with van der Waals surface area (Å²) >= 11 is 0. The Balaban J connectivity index is 1.93. The van der Waals surface area contributed by atoms with Crippen molar-refractivity contribution in [3.8, 4) is 11.5 Å². The molecule has 3 rings (SSSR count). The van der Waals surface area contributed by atoms with Gasteiger partial charge in [0.05, 0.1) is 0 Å². The topological polar surface area (TPSA) is 35.5 Å². The van der Waals surface area contributed by atoms with Crippen molar-refractivity contribution in [2.24, 2.45) is 5.92 Å². The summed E-state index contributed by atoms with van der Waals surface area (Å²) < 4.78 is 12.2. The van der Waals surface area contributed by atoms with Gasteiger partial charge in [0.1, 0.15) is 17.1 Å². The summed E-state index contributed by atoms with van der Waals surface area (Å²) in [5.74, 6) is 2.12. The summed E-state index contributed by atoms with van der Waals surface area (Å²) in [6.07, 6.45) is 11.6. The van der Waals surface area contributed by atoms with Crippen molar-refractivity contribution >= 4 is 5.97 Å². The lowest BCUT2D eigenvalue weighted by Gasteiger charge is -2.47. The second-order valence-electron chi connectivity index (χ2n) is 9.17. The van der Waals surface area contributed by atoms with Crippen LogP contribution in [0.5, 0.6) is 11.5 Å². The Morgan fingerprint density at radius 3 is 2.68 bits per heavy atom. The number of ether oxygens (including phenoxy) is 2. The van der Waals surface area contributed by atoms with Crippen LogP contribution in [0.2, 0.25) is 0 Å². The van der Waals surface area contributed by atoms with Gasteiger partial charge in [-0.1, -0.05) is 44.3 Å². The molecular formula is C25H36O3. The molecular weight excluding hydrogens is 348 g/mol. The molecule has 2 unspecified atom stereocenters. The number of benzene rings is 1. The van der Waals surface area contributed by atoms with Gasteiger partial charge in [-0.25, -0.2) is 0 Å². The van der Waals surface area contributed by atoms with E-state index in [0.717, 1.165) is 37.0 Å². The summed E-state index contributed by atoms with van der Waals surface area (Å²) in [6.45, 7) is 10.3. The Kier molecular flexibility index (Phi) is 6.52. The first-order valence-corrected chi connectivity index (χ1v) is 11.0. The number of carbonyl (C=O) groups is 1. The molecule has 1 aromatic carbocycles. The highest BCUT2D eigenvalue weighted by Crippen LogP contribution is 2.54. The first kappa shape index (κ1) is 21.0. The van der Waals surface area contributed by atoms with Crippen LogP contribution in [0.3, 0.4) is 0 Å². The normalized spacial score (nSPS) is 22.5. The minimum Gasteiger partial charge on any atom is -0.487 e. The molecule has 1 aromatic rings. The molecule has 0 saturated carbocycles. The van der Waals surface area contributed by atoms with E-state index in [1.54, 1.807) is 0 Å². The molecule has 1 aliphatic carbocycles. The fourth-order valence-corrected chi connectivity index (χ4v) is 4.92. The molecule has 0 radical (unpaired) electrons. The predicted molar refractivity (Wildman–Crippen MR) is 114 cm³/mol. The van der Waals surface area contributed by atoms with Gasteiger partial charge < -0.3 is 9.47 Å². The number of aryl methyl sites for hydroxylation is 1. The molecule has 0 bridgehead atoms. The van der Waals surface area contributed by atoms with E-state index in [-0.39, 0.29) is 11.6 Å². The molecule has 2 atom stereocenters. The standard InChI is InChI=1S/C25H36O3/c1-6-7-8-9-10-11-19-15-22(27-18(3)26)24-20-14-17(2)12-13-21(20)25(4,5)28-23(24)16-19/h12,15-16,20-21H,6-11,13-14H2,1-5H3. The maximum Gasteiger partial charge on any atom is 0.308 e. The highest BCUT2D eigenvalue weighted by molar-refractivity contribution is 5.71. The van der Waals surface area contributed by atoms with Gasteiger partial charge in [-0.05, 0) is 64.2 Å². The van der Waals surface area contributed by atoms with Gasteiger partial charge in [0.15, 0.2) is 0 Å². The smallest absolute Gasteiger partial charge is 0.308 e. The van der Waals surface area contributed by atoms with Crippen LogP contribution in [0.1, 0.15) is 96.6 Å². The van der Waals surface area contributed by atoms with Crippen molar-refractivity contribution in [2.45, 2.75) is 97.5 Å². The Labute approximate surface area is 170 Å². The van der Waals surface area contributed by atoms with Gasteiger partial charge in [0, 0.05) is 24.3 Å². The third-order valence-electron chi connectivity index (χ3n) is 6.37. The van der Waals surface area contributed by atoms with Crippen molar-refractivity contribution in [1.29, 1.82) is 0 Å². The number of fused-ring (bicyclic) bond motifs is 3. The Hall–Kier alpha value is -1.77. The molecule has 0 N–H and O–H groups in total. The van der Waals surface area contributed by atoms with E-state index in [1.165, 1.54) is 43.7 Å². The summed E-state index contributed by atoms with van der Waals surface area (Å²) in [4.78, 5) is 11.8. The van der Waals surface area contributed by atoms with Crippen LogP contribution in [0, 0.1) is 5.92 Å². The van der Waals surface area contributed by atoms with E-state index in [4.69, 9.17) is 9.47 Å². The highest BCUT2D eigenvalue weighted by atomic mass is 16.5. The van der Waals surface area contributed by atoms with Crippen LogP contribution in [-0.4, -0.2) is 11.6 Å². The molecule has 1 aliphatic heterocycles. The maximum absolute atomic E-state index is 11.8. The van der Waals surface area contributed by atoms with Gasteiger partial charge in [0.2, 0.25) is 0 Å². The minimum absolute atomic E-state index is 0.220. The van der Waals surface area contributed by atoms with Crippen molar-refractivity contribution < 1.29 is 14.3 Å². The molecule has 1 heterocycles. The fraction of sp³-hybridized carbons (Fsp3) is 0.640. The van der Waals surface area contributed by atoms with Crippen molar-refractivity contribution in [3.63, 3.8) is 0 Å². The number of allylic oxidation sites excluding steroid dienone is 2.